The molecule has 2 amide bonds. The van der Waals surface area contributed by atoms with Gasteiger partial charge in [-0.1, -0.05) is 38.3 Å². The zero-order valence-corrected chi connectivity index (χ0v) is 19.4. The molecule has 0 aliphatic heterocycles. The van der Waals surface area contributed by atoms with E-state index in [1.165, 1.54) is 17.0 Å². The first-order chi connectivity index (χ1) is 15.9. The number of nitrogens with two attached hydrogens (primary N) is 1. The van der Waals surface area contributed by atoms with Crippen LogP contribution in [0.15, 0.2) is 54.7 Å². The number of anilines is 4. The van der Waals surface area contributed by atoms with Crippen molar-refractivity contribution in [2.24, 2.45) is 0 Å². The molecule has 0 bridgehead atoms. The number of nitrogens with zero attached hydrogens (tertiary/aromatic N) is 4. The van der Waals surface area contributed by atoms with E-state index in [-0.39, 0.29) is 5.82 Å². The zero-order chi connectivity index (χ0) is 23.8. The molecule has 0 saturated carbocycles. The molecule has 0 fully saturated rings. The molecule has 0 spiro atoms. The highest BCUT2D eigenvalue weighted by molar-refractivity contribution is 6.02. The van der Waals surface area contributed by atoms with Crippen LogP contribution in [0.4, 0.5) is 32.2 Å². The van der Waals surface area contributed by atoms with Crippen molar-refractivity contribution in [3.8, 4) is 11.3 Å². The van der Waals surface area contributed by atoms with Gasteiger partial charge in [-0.15, -0.1) is 0 Å². The number of amides is 2. The number of halogens is 1. The number of urea groups is 1. The minimum absolute atomic E-state index is 0.258. The fraction of sp³-hybridized carbons (Fsp3) is 0.320. The molecule has 1 aromatic carbocycles. The van der Waals surface area contributed by atoms with Gasteiger partial charge in [-0.25, -0.2) is 19.2 Å². The molecule has 0 saturated heterocycles. The topological polar surface area (TPSA) is 87.4 Å². The van der Waals surface area contributed by atoms with Gasteiger partial charge in [-0.05, 0) is 42.8 Å². The highest BCUT2D eigenvalue weighted by atomic mass is 19.1. The molecule has 8 heteroatoms. The number of carbonyl (C=O) groups is 1. The summed E-state index contributed by atoms with van der Waals surface area (Å²) in [6.45, 7) is 2.58. The average molecular weight is 451 g/mol. The summed E-state index contributed by atoms with van der Waals surface area (Å²) in [5, 5.41) is 2.73. The number of unbranched alkanes of at least 4 members (excludes halogenated alkanes) is 3. The van der Waals surface area contributed by atoms with Crippen molar-refractivity contribution in [1.82, 2.24) is 9.97 Å². The highest BCUT2D eigenvalue weighted by Gasteiger charge is 2.21. The lowest BCUT2D eigenvalue weighted by Gasteiger charge is -2.24. The number of hydrogen-bond acceptors (Lipinski definition) is 5. The lowest BCUT2D eigenvalue weighted by molar-refractivity contribution is 0.256. The predicted molar refractivity (Wildman–Crippen MR) is 133 cm³/mol. The van der Waals surface area contributed by atoms with Crippen LogP contribution in [0.5, 0.6) is 0 Å². The van der Waals surface area contributed by atoms with Crippen molar-refractivity contribution < 1.29 is 9.18 Å². The molecule has 7 nitrogen and oxygen atoms in total. The number of nitrogen functional groups attached to an aromatic ring is 1. The van der Waals surface area contributed by atoms with Gasteiger partial charge in [0.2, 0.25) is 0 Å². The summed E-state index contributed by atoms with van der Waals surface area (Å²) in [4.78, 5) is 25.4. The van der Waals surface area contributed by atoms with Crippen LogP contribution < -0.4 is 20.9 Å². The van der Waals surface area contributed by atoms with Gasteiger partial charge in [0.25, 0.3) is 0 Å². The van der Waals surface area contributed by atoms with Crippen LogP contribution in [0.25, 0.3) is 11.3 Å². The molecule has 0 aliphatic rings. The maximum absolute atomic E-state index is 13.2. The molecule has 33 heavy (non-hydrogen) atoms. The van der Waals surface area contributed by atoms with Gasteiger partial charge >= 0.3 is 6.03 Å². The van der Waals surface area contributed by atoms with Crippen LogP contribution >= 0.6 is 0 Å². The van der Waals surface area contributed by atoms with E-state index in [0.717, 1.165) is 43.1 Å². The van der Waals surface area contributed by atoms with Crippen LogP contribution in [-0.4, -0.2) is 36.6 Å². The summed E-state index contributed by atoms with van der Waals surface area (Å²) < 4.78 is 13.2. The van der Waals surface area contributed by atoms with Crippen molar-refractivity contribution in [3.05, 3.63) is 60.5 Å². The zero-order valence-electron chi connectivity index (χ0n) is 19.4. The van der Waals surface area contributed by atoms with Crippen molar-refractivity contribution in [2.75, 3.05) is 41.5 Å². The Morgan fingerprint density at radius 2 is 1.91 bits per heavy atom. The van der Waals surface area contributed by atoms with Gasteiger partial charge in [-0.3, -0.25) is 10.2 Å². The molecule has 174 valence electrons. The second kappa shape index (κ2) is 11.3. The van der Waals surface area contributed by atoms with Crippen LogP contribution in [0, 0.1) is 5.82 Å². The summed E-state index contributed by atoms with van der Waals surface area (Å²) in [5.41, 5.74) is 9.36. The van der Waals surface area contributed by atoms with E-state index in [4.69, 9.17) is 10.7 Å². The standard InChI is InChI=1S/C25H31FN6O/c1-4-5-6-7-15-32(25(33)30-23-14-11-19(26)17-28-23)24-21(27)12-13-22(29-24)18-9-8-10-20(16-18)31(2)3/h8-14,16-17H,4-7,15,27H2,1-3H3,(H,28,30,33). The Labute approximate surface area is 194 Å². The molecule has 0 radical (unpaired) electrons. The van der Waals surface area contributed by atoms with Crippen LogP contribution in [-0.2, 0) is 0 Å². The molecule has 3 aromatic rings. The Hall–Kier alpha value is -3.68. The van der Waals surface area contributed by atoms with E-state index in [0.29, 0.717) is 23.7 Å². The van der Waals surface area contributed by atoms with Gasteiger partial charge in [0.15, 0.2) is 5.82 Å². The Kier molecular flexibility index (Phi) is 8.18. The second-order valence-corrected chi connectivity index (χ2v) is 8.06. The van der Waals surface area contributed by atoms with Gasteiger partial charge < -0.3 is 10.6 Å². The summed E-state index contributed by atoms with van der Waals surface area (Å²) >= 11 is 0. The SMILES string of the molecule is CCCCCCN(C(=O)Nc1ccc(F)cn1)c1nc(-c2cccc(N(C)C)c2)ccc1N. The van der Waals surface area contributed by atoms with E-state index >= 15 is 0 Å². The Morgan fingerprint density at radius 1 is 1.09 bits per heavy atom. The lowest BCUT2D eigenvalue weighted by atomic mass is 10.1. The van der Waals surface area contributed by atoms with Gasteiger partial charge in [-0.2, -0.15) is 0 Å². The molecule has 3 N–H and O–H groups in total. The first kappa shape index (κ1) is 24.0. The quantitative estimate of drug-likeness (QED) is 0.417. The van der Waals surface area contributed by atoms with E-state index in [1.807, 2.05) is 49.3 Å². The average Bonchev–Trinajstić information content (AvgIpc) is 2.81. The van der Waals surface area contributed by atoms with E-state index in [1.54, 1.807) is 6.07 Å². The van der Waals surface area contributed by atoms with Crippen LogP contribution in [0.1, 0.15) is 32.6 Å². The predicted octanol–water partition coefficient (Wildman–Crippen LogP) is 5.55. The molecule has 0 unspecified atom stereocenters. The number of rotatable bonds is 9. The number of nitrogens with one attached hydrogen (secondary N) is 1. The molecular formula is C25H31FN6O. The molecular weight excluding hydrogens is 419 g/mol. The van der Waals surface area contributed by atoms with E-state index in [2.05, 4.69) is 17.2 Å². The van der Waals surface area contributed by atoms with E-state index in [9.17, 15) is 9.18 Å². The fourth-order valence-corrected chi connectivity index (χ4v) is 3.41. The third kappa shape index (κ3) is 6.41. The largest absolute Gasteiger partial charge is 0.396 e. The summed E-state index contributed by atoms with van der Waals surface area (Å²) in [6, 6.07) is 13.9. The summed E-state index contributed by atoms with van der Waals surface area (Å²) in [7, 11) is 3.96. The number of hydrogen-bond donors (Lipinski definition) is 2. The second-order valence-electron chi connectivity index (χ2n) is 8.06. The van der Waals surface area contributed by atoms with Crippen molar-refractivity contribution in [2.45, 2.75) is 32.6 Å². The normalized spacial score (nSPS) is 10.7. The van der Waals surface area contributed by atoms with Crippen molar-refractivity contribution >= 4 is 29.0 Å². The monoisotopic (exact) mass is 450 g/mol. The lowest BCUT2D eigenvalue weighted by Crippen LogP contribution is -2.37. The first-order valence-electron chi connectivity index (χ1n) is 11.1. The number of aromatic nitrogens is 2. The smallest absolute Gasteiger partial charge is 0.328 e. The fourth-order valence-electron chi connectivity index (χ4n) is 3.41. The van der Waals surface area contributed by atoms with Gasteiger partial charge in [0.1, 0.15) is 11.6 Å². The number of pyridine rings is 2. The first-order valence-corrected chi connectivity index (χ1v) is 11.1. The Balaban J connectivity index is 1.92. The summed E-state index contributed by atoms with van der Waals surface area (Å²) in [5.74, 6) is 0.176. The van der Waals surface area contributed by atoms with Crippen molar-refractivity contribution in [1.29, 1.82) is 0 Å². The molecule has 3 rings (SSSR count). The highest BCUT2D eigenvalue weighted by Crippen LogP contribution is 2.29. The molecule has 2 aromatic heterocycles. The minimum atomic E-state index is -0.469. The molecule has 0 aliphatic carbocycles. The Bertz CT molecular complexity index is 1070. The summed E-state index contributed by atoms with van der Waals surface area (Å²) in [6.07, 6.45) is 5.02. The van der Waals surface area contributed by atoms with Gasteiger partial charge in [0, 0.05) is 31.9 Å². The minimum Gasteiger partial charge on any atom is -0.396 e. The maximum atomic E-state index is 13.2. The molecule has 2 heterocycles. The number of benzene rings is 1. The third-order valence-electron chi connectivity index (χ3n) is 5.26. The number of carbonyl (C=O) groups excluding carboxylic acids is 1. The maximum Gasteiger partial charge on any atom is 0.328 e. The molecule has 0 atom stereocenters. The third-order valence-corrected chi connectivity index (χ3v) is 5.26. The van der Waals surface area contributed by atoms with Crippen LogP contribution in [0.3, 0.4) is 0 Å². The Morgan fingerprint density at radius 3 is 2.61 bits per heavy atom. The van der Waals surface area contributed by atoms with Gasteiger partial charge in [0.05, 0.1) is 17.6 Å². The van der Waals surface area contributed by atoms with Crippen LogP contribution in [0.2, 0.25) is 0 Å². The van der Waals surface area contributed by atoms with E-state index < -0.39 is 11.8 Å². The van der Waals surface area contributed by atoms with Crippen molar-refractivity contribution in [3.63, 3.8) is 0 Å².